The molecule has 2 aliphatic heterocycles. The highest BCUT2D eigenvalue weighted by atomic mass is 15.3. The van der Waals surface area contributed by atoms with Gasteiger partial charge in [-0.05, 0) is 38.1 Å². The van der Waals surface area contributed by atoms with Crippen molar-refractivity contribution in [1.29, 1.82) is 0 Å². The molecule has 3 atom stereocenters. The molecule has 1 saturated carbocycles. The van der Waals surface area contributed by atoms with Crippen molar-refractivity contribution in [2.24, 2.45) is 5.92 Å². The molecule has 0 aromatic rings. The third-order valence-corrected chi connectivity index (χ3v) is 3.49. The van der Waals surface area contributed by atoms with E-state index in [2.05, 4.69) is 16.8 Å². The van der Waals surface area contributed by atoms with Crippen molar-refractivity contribution in [1.82, 2.24) is 10.2 Å². The Balaban J connectivity index is 1.58. The van der Waals surface area contributed by atoms with Crippen LogP contribution < -0.4 is 5.32 Å². The van der Waals surface area contributed by atoms with Crippen molar-refractivity contribution >= 4 is 0 Å². The highest BCUT2D eigenvalue weighted by Crippen LogP contribution is 2.42. The molecule has 1 aliphatic carbocycles. The molecule has 1 radical (unpaired) electrons. The second-order valence-electron chi connectivity index (χ2n) is 4.44. The molecule has 3 fully saturated rings. The van der Waals surface area contributed by atoms with Crippen LogP contribution in [0, 0.1) is 12.5 Å². The Hall–Kier alpha value is -0.0800. The van der Waals surface area contributed by atoms with Crippen LogP contribution in [0.4, 0.5) is 0 Å². The Morgan fingerprint density at radius 1 is 1.25 bits per heavy atom. The van der Waals surface area contributed by atoms with Crippen LogP contribution in [0.5, 0.6) is 0 Å². The van der Waals surface area contributed by atoms with E-state index < -0.39 is 0 Å². The van der Waals surface area contributed by atoms with E-state index in [0.29, 0.717) is 6.17 Å². The van der Waals surface area contributed by atoms with E-state index in [9.17, 15) is 0 Å². The fourth-order valence-corrected chi connectivity index (χ4v) is 2.62. The summed E-state index contributed by atoms with van der Waals surface area (Å²) in [5, 5.41) is 3.69. The zero-order valence-corrected chi connectivity index (χ0v) is 7.50. The number of piperidine rings is 2. The van der Waals surface area contributed by atoms with Gasteiger partial charge in [0.1, 0.15) is 0 Å². The predicted molar refractivity (Wildman–Crippen MR) is 48.3 cm³/mol. The maximum atomic E-state index is 3.69. The maximum absolute atomic E-state index is 3.69. The SMILES string of the molecule is [CH]1CCCCN1C1CC2CC2N1. The molecular weight excluding hydrogens is 148 g/mol. The van der Waals surface area contributed by atoms with Crippen LogP contribution in [0.2, 0.25) is 0 Å². The number of rotatable bonds is 1. The molecule has 3 rings (SSSR count). The fraction of sp³-hybridized carbons (Fsp3) is 0.900. The summed E-state index contributed by atoms with van der Waals surface area (Å²) >= 11 is 0. The van der Waals surface area contributed by atoms with E-state index in [1.807, 2.05) is 0 Å². The molecule has 67 valence electrons. The van der Waals surface area contributed by atoms with Gasteiger partial charge in [-0.25, -0.2) is 0 Å². The van der Waals surface area contributed by atoms with E-state index in [1.165, 1.54) is 38.6 Å². The fourth-order valence-electron chi connectivity index (χ4n) is 2.62. The highest BCUT2D eigenvalue weighted by molar-refractivity contribution is 5.04. The van der Waals surface area contributed by atoms with Gasteiger partial charge in [-0.15, -0.1) is 0 Å². The van der Waals surface area contributed by atoms with Crippen LogP contribution in [-0.4, -0.2) is 23.7 Å². The first-order valence-electron chi connectivity index (χ1n) is 5.28. The molecule has 0 aromatic heterocycles. The Kier molecular flexibility index (Phi) is 1.66. The maximum Gasteiger partial charge on any atom is 0.0605 e. The summed E-state index contributed by atoms with van der Waals surface area (Å²) in [7, 11) is 0. The second kappa shape index (κ2) is 2.71. The molecule has 2 heterocycles. The monoisotopic (exact) mass is 165 g/mol. The Morgan fingerprint density at radius 2 is 2.25 bits per heavy atom. The molecule has 0 aromatic carbocycles. The zero-order valence-electron chi connectivity index (χ0n) is 7.50. The van der Waals surface area contributed by atoms with Crippen molar-refractivity contribution in [2.75, 3.05) is 6.54 Å². The van der Waals surface area contributed by atoms with Crippen LogP contribution in [0.1, 0.15) is 32.1 Å². The van der Waals surface area contributed by atoms with Gasteiger partial charge in [0.25, 0.3) is 0 Å². The minimum Gasteiger partial charge on any atom is -0.299 e. The summed E-state index contributed by atoms with van der Waals surface area (Å²) in [5.41, 5.74) is 0. The quantitative estimate of drug-likeness (QED) is 0.631. The first-order valence-corrected chi connectivity index (χ1v) is 5.28. The summed E-state index contributed by atoms with van der Waals surface area (Å²) in [6, 6.07) is 0.894. The van der Waals surface area contributed by atoms with E-state index in [0.717, 1.165) is 12.0 Å². The summed E-state index contributed by atoms with van der Waals surface area (Å²) in [4.78, 5) is 2.54. The molecular formula is C10H17N2. The second-order valence-corrected chi connectivity index (χ2v) is 4.44. The van der Waals surface area contributed by atoms with Crippen LogP contribution in [-0.2, 0) is 0 Å². The first-order chi connectivity index (χ1) is 5.93. The van der Waals surface area contributed by atoms with Crippen LogP contribution in [0.15, 0.2) is 0 Å². The van der Waals surface area contributed by atoms with Crippen molar-refractivity contribution in [3.05, 3.63) is 6.54 Å². The van der Waals surface area contributed by atoms with Gasteiger partial charge in [0.2, 0.25) is 0 Å². The van der Waals surface area contributed by atoms with E-state index >= 15 is 0 Å². The standard InChI is InChI=1S/C10H17N2/c1-2-4-12(5-3-1)10-7-8-6-9(8)11-10/h4,8-11H,1-3,5-7H2. The number of likely N-dealkylation sites (tertiary alicyclic amines) is 1. The van der Waals surface area contributed by atoms with E-state index in [4.69, 9.17) is 0 Å². The molecule has 3 unspecified atom stereocenters. The van der Waals surface area contributed by atoms with Crippen LogP contribution >= 0.6 is 0 Å². The zero-order chi connectivity index (χ0) is 7.97. The molecule has 0 spiro atoms. The van der Waals surface area contributed by atoms with Crippen LogP contribution in [0.25, 0.3) is 0 Å². The van der Waals surface area contributed by atoms with Gasteiger partial charge in [0, 0.05) is 12.6 Å². The van der Waals surface area contributed by atoms with Gasteiger partial charge < -0.3 is 0 Å². The van der Waals surface area contributed by atoms with Gasteiger partial charge in [-0.2, -0.15) is 0 Å². The van der Waals surface area contributed by atoms with Gasteiger partial charge in [0.05, 0.1) is 6.17 Å². The Bertz CT molecular complexity index is 165. The number of hydrogen-bond donors (Lipinski definition) is 1. The number of hydrogen-bond acceptors (Lipinski definition) is 2. The summed E-state index contributed by atoms with van der Waals surface area (Å²) < 4.78 is 0. The Morgan fingerprint density at radius 3 is 2.92 bits per heavy atom. The van der Waals surface area contributed by atoms with Gasteiger partial charge in [-0.1, -0.05) is 6.42 Å². The van der Waals surface area contributed by atoms with Crippen molar-refractivity contribution in [2.45, 2.75) is 44.3 Å². The lowest BCUT2D eigenvalue weighted by atomic mass is 10.1. The van der Waals surface area contributed by atoms with Gasteiger partial charge in [0.15, 0.2) is 0 Å². The average Bonchev–Trinajstić information content (AvgIpc) is 2.75. The van der Waals surface area contributed by atoms with Crippen molar-refractivity contribution in [3.8, 4) is 0 Å². The van der Waals surface area contributed by atoms with Crippen LogP contribution in [0.3, 0.4) is 0 Å². The lowest BCUT2D eigenvalue weighted by molar-refractivity contribution is 0.182. The third-order valence-electron chi connectivity index (χ3n) is 3.49. The molecule has 0 bridgehead atoms. The largest absolute Gasteiger partial charge is 0.299 e. The molecule has 2 heteroatoms. The molecule has 3 aliphatic rings. The minimum atomic E-state index is 0.703. The van der Waals surface area contributed by atoms with Crippen molar-refractivity contribution < 1.29 is 0 Å². The smallest absolute Gasteiger partial charge is 0.0605 e. The molecule has 0 amide bonds. The normalized spacial score (nSPS) is 47.5. The number of nitrogens with zero attached hydrogens (tertiary/aromatic N) is 1. The summed E-state index contributed by atoms with van der Waals surface area (Å²) in [6.07, 6.45) is 7.65. The third kappa shape index (κ3) is 1.17. The molecule has 12 heavy (non-hydrogen) atoms. The summed E-state index contributed by atoms with van der Waals surface area (Å²) in [5.74, 6) is 1.03. The lowest BCUT2D eigenvalue weighted by Crippen LogP contribution is -2.43. The Labute approximate surface area is 74.3 Å². The van der Waals surface area contributed by atoms with Gasteiger partial charge in [-0.3, -0.25) is 10.2 Å². The van der Waals surface area contributed by atoms with Gasteiger partial charge >= 0.3 is 0 Å². The number of fused-ring (bicyclic) bond motifs is 1. The molecule has 2 nitrogen and oxygen atoms in total. The summed E-state index contributed by atoms with van der Waals surface area (Å²) in [6.45, 7) is 3.70. The van der Waals surface area contributed by atoms with Crippen molar-refractivity contribution in [3.63, 3.8) is 0 Å². The average molecular weight is 165 g/mol. The lowest BCUT2D eigenvalue weighted by Gasteiger charge is -2.32. The predicted octanol–water partition coefficient (Wildman–Crippen LogP) is 1.34. The molecule has 2 saturated heterocycles. The minimum absolute atomic E-state index is 0.703. The van der Waals surface area contributed by atoms with E-state index in [1.54, 1.807) is 0 Å². The topological polar surface area (TPSA) is 15.3 Å². The van der Waals surface area contributed by atoms with E-state index in [-0.39, 0.29) is 0 Å². The number of nitrogens with one attached hydrogen (secondary N) is 1. The highest BCUT2D eigenvalue weighted by Gasteiger charge is 2.47. The molecule has 1 N–H and O–H groups in total. The first kappa shape index (κ1) is 7.34.